The van der Waals surface area contributed by atoms with Crippen molar-refractivity contribution in [2.75, 3.05) is 0 Å². The number of allylic oxidation sites excluding steroid dienone is 3. The van der Waals surface area contributed by atoms with Crippen molar-refractivity contribution in [1.29, 1.82) is 0 Å². The molecule has 1 atom stereocenters. The third kappa shape index (κ3) is 3.82. The molecule has 0 bridgehead atoms. The molecule has 0 amide bonds. The summed E-state index contributed by atoms with van der Waals surface area (Å²) < 4.78 is 0. The Bertz CT molecular complexity index is 496. The molecule has 2 heteroatoms. The largest absolute Gasteiger partial charge is 0.478 e. The summed E-state index contributed by atoms with van der Waals surface area (Å²) in [7, 11) is 0. The lowest BCUT2D eigenvalue weighted by Gasteiger charge is -2.27. The van der Waals surface area contributed by atoms with E-state index < -0.39 is 5.97 Å². The highest BCUT2D eigenvalue weighted by Crippen LogP contribution is 2.33. The lowest BCUT2D eigenvalue weighted by molar-refractivity contribution is 0.0694. The molecule has 0 aromatic heterocycles. The van der Waals surface area contributed by atoms with Crippen LogP contribution >= 0.6 is 0 Å². The zero-order valence-electron chi connectivity index (χ0n) is 11.9. The molecule has 1 unspecified atom stereocenters. The molecule has 102 valence electrons. The Morgan fingerprint density at radius 2 is 2.00 bits per heavy atom. The van der Waals surface area contributed by atoms with Crippen molar-refractivity contribution in [3.63, 3.8) is 0 Å². The van der Waals surface area contributed by atoms with Crippen LogP contribution in [0.1, 0.15) is 49.5 Å². The molecule has 0 aliphatic heterocycles. The zero-order valence-corrected chi connectivity index (χ0v) is 11.9. The van der Waals surface area contributed by atoms with Gasteiger partial charge in [0.05, 0.1) is 5.56 Å². The van der Waals surface area contributed by atoms with Crippen LogP contribution in [0.15, 0.2) is 48.6 Å². The van der Waals surface area contributed by atoms with Crippen LogP contribution in [0.5, 0.6) is 0 Å². The average molecular weight is 258 g/mol. The van der Waals surface area contributed by atoms with Crippen LogP contribution in [0, 0.1) is 0 Å². The molecule has 1 N–H and O–H groups in total. The van der Waals surface area contributed by atoms with Crippen molar-refractivity contribution in [1.82, 2.24) is 0 Å². The van der Waals surface area contributed by atoms with Crippen LogP contribution in [-0.2, 0) is 5.41 Å². The van der Waals surface area contributed by atoms with E-state index in [-0.39, 0.29) is 5.41 Å². The van der Waals surface area contributed by atoms with Crippen LogP contribution < -0.4 is 0 Å². The molecule has 0 fully saturated rings. The first-order chi connectivity index (χ1) is 8.90. The van der Waals surface area contributed by atoms with Gasteiger partial charge in [-0.15, -0.1) is 6.58 Å². The van der Waals surface area contributed by atoms with Crippen molar-refractivity contribution < 1.29 is 9.90 Å². The Balaban J connectivity index is 3.11. The first-order valence-corrected chi connectivity index (χ1v) is 6.50. The van der Waals surface area contributed by atoms with E-state index in [1.54, 1.807) is 12.1 Å². The first-order valence-electron chi connectivity index (χ1n) is 6.50. The van der Waals surface area contributed by atoms with E-state index in [0.29, 0.717) is 5.56 Å². The molecule has 0 saturated carbocycles. The van der Waals surface area contributed by atoms with Gasteiger partial charge in [-0.2, -0.15) is 0 Å². The molecule has 1 rings (SSSR count). The molecule has 0 spiro atoms. The highest BCUT2D eigenvalue weighted by molar-refractivity contribution is 5.90. The minimum absolute atomic E-state index is 0.319. The van der Waals surface area contributed by atoms with E-state index in [1.165, 1.54) is 5.57 Å². The molecule has 0 aliphatic rings. The topological polar surface area (TPSA) is 37.3 Å². The molecular formula is C17H22O2. The summed E-state index contributed by atoms with van der Waals surface area (Å²) in [6, 6.07) is 7.17. The normalized spacial score (nSPS) is 13.4. The number of hydrogen-bond donors (Lipinski definition) is 1. The van der Waals surface area contributed by atoms with Gasteiger partial charge in [0.1, 0.15) is 0 Å². The number of carboxylic acid groups (broad SMARTS) is 1. The standard InChI is InChI=1S/C17H22O2/c1-5-17(4,12-8-9-13(2)3)15-11-7-6-10-14(15)16(18)19/h5-7,9-11H,1,8,12H2,2-4H3,(H,18,19). The number of rotatable bonds is 6. The maximum Gasteiger partial charge on any atom is 0.335 e. The van der Waals surface area contributed by atoms with E-state index in [1.807, 2.05) is 25.1 Å². The summed E-state index contributed by atoms with van der Waals surface area (Å²) in [5, 5.41) is 9.29. The van der Waals surface area contributed by atoms with Gasteiger partial charge in [0.25, 0.3) is 0 Å². The minimum atomic E-state index is -0.883. The van der Waals surface area contributed by atoms with Crippen molar-refractivity contribution >= 4 is 5.97 Å². The summed E-state index contributed by atoms with van der Waals surface area (Å²) in [5.74, 6) is -0.883. The lowest BCUT2D eigenvalue weighted by atomic mass is 9.76. The molecule has 19 heavy (non-hydrogen) atoms. The SMILES string of the molecule is C=CC(C)(CCC=C(C)C)c1ccccc1C(=O)O. The number of aromatic carboxylic acids is 1. The molecule has 1 aromatic rings. The van der Waals surface area contributed by atoms with Crippen LogP contribution in [0.3, 0.4) is 0 Å². The summed E-state index contributed by atoms with van der Waals surface area (Å²) in [4.78, 5) is 11.3. The second kappa shape index (κ2) is 6.37. The fourth-order valence-electron chi connectivity index (χ4n) is 2.17. The van der Waals surface area contributed by atoms with E-state index in [4.69, 9.17) is 0 Å². The van der Waals surface area contributed by atoms with Gasteiger partial charge < -0.3 is 5.11 Å². The zero-order chi connectivity index (χ0) is 14.5. The van der Waals surface area contributed by atoms with E-state index in [9.17, 15) is 9.90 Å². The van der Waals surface area contributed by atoms with E-state index >= 15 is 0 Å². The highest BCUT2D eigenvalue weighted by atomic mass is 16.4. The predicted octanol–water partition coefficient (Wildman–Crippen LogP) is 4.57. The van der Waals surface area contributed by atoms with Gasteiger partial charge in [-0.05, 0) is 38.3 Å². The quantitative estimate of drug-likeness (QED) is 0.759. The summed E-state index contributed by atoms with van der Waals surface area (Å²) in [6.45, 7) is 10.1. The first kappa shape index (κ1) is 15.2. The van der Waals surface area contributed by atoms with Crippen molar-refractivity contribution in [3.05, 3.63) is 59.7 Å². The number of carboxylic acids is 1. The molecule has 0 saturated heterocycles. The van der Waals surface area contributed by atoms with Gasteiger partial charge in [0, 0.05) is 5.41 Å². The smallest absolute Gasteiger partial charge is 0.335 e. The molecular weight excluding hydrogens is 236 g/mol. The van der Waals surface area contributed by atoms with E-state index in [0.717, 1.165) is 18.4 Å². The molecule has 2 nitrogen and oxygen atoms in total. The summed E-state index contributed by atoms with van der Waals surface area (Å²) in [5.41, 5.74) is 2.15. The number of benzene rings is 1. The van der Waals surface area contributed by atoms with Gasteiger partial charge in [0.2, 0.25) is 0 Å². The Hall–Kier alpha value is -1.83. The Kier molecular flexibility index (Phi) is 5.11. The fourth-order valence-corrected chi connectivity index (χ4v) is 2.17. The lowest BCUT2D eigenvalue weighted by Crippen LogP contribution is -2.22. The predicted molar refractivity (Wildman–Crippen MR) is 79.6 cm³/mol. The van der Waals surface area contributed by atoms with Crippen LogP contribution in [0.25, 0.3) is 0 Å². The number of carbonyl (C=O) groups is 1. The van der Waals surface area contributed by atoms with Gasteiger partial charge in [0.15, 0.2) is 0 Å². The third-order valence-electron chi connectivity index (χ3n) is 3.44. The Morgan fingerprint density at radius 3 is 2.53 bits per heavy atom. The second-order valence-corrected chi connectivity index (χ2v) is 5.29. The maximum absolute atomic E-state index is 11.3. The summed E-state index contributed by atoms with van der Waals surface area (Å²) in [6.07, 6.45) is 5.80. The molecule has 0 radical (unpaired) electrons. The van der Waals surface area contributed by atoms with Gasteiger partial charge in [-0.3, -0.25) is 0 Å². The van der Waals surface area contributed by atoms with Crippen LogP contribution in [-0.4, -0.2) is 11.1 Å². The number of hydrogen-bond acceptors (Lipinski definition) is 1. The minimum Gasteiger partial charge on any atom is -0.478 e. The average Bonchev–Trinajstić information content (AvgIpc) is 2.38. The van der Waals surface area contributed by atoms with Crippen molar-refractivity contribution in [3.8, 4) is 0 Å². The van der Waals surface area contributed by atoms with Crippen LogP contribution in [0.2, 0.25) is 0 Å². The molecule has 1 aromatic carbocycles. The van der Waals surface area contributed by atoms with Crippen molar-refractivity contribution in [2.24, 2.45) is 0 Å². The molecule has 0 aliphatic carbocycles. The summed E-state index contributed by atoms with van der Waals surface area (Å²) >= 11 is 0. The Labute approximate surface area is 115 Å². The van der Waals surface area contributed by atoms with Crippen molar-refractivity contribution in [2.45, 2.75) is 39.0 Å². The van der Waals surface area contributed by atoms with Gasteiger partial charge in [-0.25, -0.2) is 4.79 Å². The highest BCUT2D eigenvalue weighted by Gasteiger charge is 2.26. The monoisotopic (exact) mass is 258 g/mol. The van der Waals surface area contributed by atoms with E-state index in [2.05, 4.69) is 26.5 Å². The second-order valence-electron chi connectivity index (χ2n) is 5.29. The van der Waals surface area contributed by atoms with Crippen LogP contribution in [0.4, 0.5) is 0 Å². The fraction of sp³-hybridized carbons (Fsp3) is 0.353. The van der Waals surface area contributed by atoms with Gasteiger partial charge >= 0.3 is 5.97 Å². The maximum atomic E-state index is 11.3. The molecule has 0 heterocycles. The third-order valence-corrected chi connectivity index (χ3v) is 3.44. The Morgan fingerprint density at radius 1 is 1.37 bits per heavy atom. The van der Waals surface area contributed by atoms with Gasteiger partial charge in [-0.1, -0.05) is 42.8 Å².